The zero-order valence-electron chi connectivity index (χ0n) is 6.39. The highest BCUT2D eigenvalue weighted by Crippen LogP contribution is 2.05. The fourth-order valence-corrected chi connectivity index (χ4v) is 0.800. The Bertz CT molecular complexity index is 52.9. The summed E-state index contributed by atoms with van der Waals surface area (Å²) < 4.78 is 4.70. The molecule has 0 fully saturated rings. The van der Waals surface area contributed by atoms with Crippen LogP contribution in [0, 0.1) is 0 Å². The van der Waals surface area contributed by atoms with Crippen molar-refractivity contribution < 1.29 is 4.65 Å². The van der Waals surface area contributed by atoms with Crippen LogP contribution in [0.15, 0.2) is 0 Å². The zero-order chi connectivity index (χ0) is 7.11. The van der Waals surface area contributed by atoms with E-state index >= 15 is 0 Å². The van der Waals surface area contributed by atoms with Crippen LogP contribution in [0.3, 0.4) is 0 Å². The van der Waals surface area contributed by atoms with Gasteiger partial charge in [-0.3, -0.25) is 0 Å². The summed E-state index contributed by atoms with van der Waals surface area (Å²) >= 11 is 0. The summed E-state index contributed by atoms with van der Waals surface area (Å²) in [5.74, 6) is 0. The fourth-order valence-electron chi connectivity index (χ4n) is 0.800. The molecule has 0 aromatic rings. The molecule has 0 N–H and O–H groups in total. The first-order chi connectivity index (χ1) is 4.35. The lowest BCUT2D eigenvalue weighted by Gasteiger charge is -2.11. The minimum absolute atomic E-state index is 0.282. The number of hydrogen-bond donors (Lipinski definition) is 0. The second-order valence-corrected chi connectivity index (χ2v) is 2.31. The van der Waals surface area contributed by atoms with Crippen molar-refractivity contribution in [3.05, 3.63) is 0 Å². The number of hydrogen-bond acceptors (Lipinski definition) is 1. The summed E-state index contributed by atoms with van der Waals surface area (Å²) in [6.45, 7) is 4.26. The highest BCUT2D eigenvalue weighted by molar-refractivity contribution is 5.98. The summed E-state index contributed by atoms with van der Waals surface area (Å²) in [6.07, 6.45) is 4.85. The van der Waals surface area contributed by atoms with E-state index in [2.05, 4.69) is 13.8 Å². The molecule has 9 heavy (non-hydrogen) atoms. The summed E-state index contributed by atoms with van der Waals surface area (Å²) in [5.41, 5.74) is 0. The van der Waals surface area contributed by atoms with Crippen molar-refractivity contribution in [2.45, 2.75) is 45.6 Å². The standard InChI is InChI=1S/C7H15BO/c1-3-5-6-7(4-2)9-8/h7H,3-6H2,1-2H3. The molecule has 0 saturated carbocycles. The Labute approximate surface area is 59.2 Å². The molecule has 0 aromatic heterocycles. The highest BCUT2D eigenvalue weighted by atomic mass is 16.4. The molecule has 52 valence electrons. The summed E-state index contributed by atoms with van der Waals surface area (Å²) in [4.78, 5) is 0. The first-order valence-corrected chi connectivity index (χ1v) is 3.70. The molecule has 0 spiro atoms. The second kappa shape index (κ2) is 6.15. The van der Waals surface area contributed by atoms with Gasteiger partial charge in [0.05, 0.1) is 0 Å². The molecule has 0 aromatic carbocycles. The molecule has 0 aliphatic carbocycles. The van der Waals surface area contributed by atoms with E-state index in [4.69, 9.17) is 12.7 Å². The molecule has 0 heterocycles. The molecule has 2 radical (unpaired) electrons. The van der Waals surface area contributed by atoms with Gasteiger partial charge in [-0.05, 0) is 12.8 Å². The van der Waals surface area contributed by atoms with Crippen LogP contribution >= 0.6 is 0 Å². The Morgan fingerprint density at radius 1 is 1.44 bits per heavy atom. The Kier molecular flexibility index (Phi) is 6.17. The summed E-state index contributed by atoms with van der Waals surface area (Å²) in [6, 6.07) is 0. The van der Waals surface area contributed by atoms with Crippen LogP contribution in [0.5, 0.6) is 0 Å². The SMILES string of the molecule is [B]OC(CC)CCCC. The van der Waals surface area contributed by atoms with E-state index in [1.807, 2.05) is 0 Å². The van der Waals surface area contributed by atoms with E-state index in [0.29, 0.717) is 0 Å². The largest absolute Gasteiger partial charge is 0.445 e. The van der Waals surface area contributed by atoms with E-state index in [1.165, 1.54) is 12.8 Å². The molecule has 2 heteroatoms. The van der Waals surface area contributed by atoms with Crippen molar-refractivity contribution >= 4 is 8.05 Å². The van der Waals surface area contributed by atoms with Crippen LogP contribution in [0.2, 0.25) is 0 Å². The quantitative estimate of drug-likeness (QED) is 0.512. The average Bonchev–Trinajstić information content (AvgIpc) is 1.91. The first-order valence-electron chi connectivity index (χ1n) is 3.70. The van der Waals surface area contributed by atoms with Gasteiger partial charge in [0.1, 0.15) is 0 Å². The summed E-state index contributed by atoms with van der Waals surface area (Å²) in [7, 11) is 5.02. The Balaban J connectivity index is 3.09. The van der Waals surface area contributed by atoms with E-state index in [-0.39, 0.29) is 6.10 Å². The first kappa shape index (κ1) is 9.02. The van der Waals surface area contributed by atoms with Crippen molar-refractivity contribution in [1.29, 1.82) is 0 Å². The average molecular weight is 126 g/mol. The lowest BCUT2D eigenvalue weighted by molar-refractivity contribution is 0.201. The molecule has 1 atom stereocenters. The number of unbranched alkanes of at least 4 members (excludes halogenated alkanes) is 1. The van der Waals surface area contributed by atoms with Gasteiger partial charge >= 0.3 is 0 Å². The smallest absolute Gasteiger partial charge is 0.283 e. The molecule has 0 rings (SSSR count). The fraction of sp³-hybridized carbons (Fsp3) is 1.00. The third kappa shape index (κ3) is 4.52. The lowest BCUT2D eigenvalue weighted by atomic mass is 10.1. The molecule has 1 nitrogen and oxygen atoms in total. The van der Waals surface area contributed by atoms with E-state index in [9.17, 15) is 0 Å². The maximum atomic E-state index is 5.02. The minimum Gasteiger partial charge on any atom is -0.445 e. The predicted molar refractivity (Wildman–Crippen MR) is 40.4 cm³/mol. The van der Waals surface area contributed by atoms with Gasteiger partial charge in [0, 0.05) is 6.10 Å². The molecule has 0 amide bonds. The molecule has 0 saturated heterocycles. The Hall–Kier alpha value is 0.0249. The van der Waals surface area contributed by atoms with Crippen molar-refractivity contribution in [1.82, 2.24) is 0 Å². The predicted octanol–water partition coefficient (Wildman–Crippen LogP) is 2.06. The Morgan fingerprint density at radius 2 is 2.11 bits per heavy atom. The minimum atomic E-state index is 0.282. The van der Waals surface area contributed by atoms with Crippen LogP contribution < -0.4 is 0 Å². The van der Waals surface area contributed by atoms with Gasteiger partial charge < -0.3 is 4.65 Å². The van der Waals surface area contributed by atoms with E-state index < -0.39 is 0 Å². The monoisotopic (exact) mass is 126 g/mol. The van der Waals surface area contributed by atoms with Crippen LogP contribution in [-0.4, -0.2) is 14.2 Å². The van der Waals surface area contributed by atoms with Crippen molar-refractivity contribution in [2.75, 3.05) is 0 Å². The lowest BCUT2D eigenvalue weighted by Crippen LogP contribution is -2.08. The maximum Gasteiger partial charge on any atom is 0.283 e. The normalized spacial score (nSPS) is 13.6. The molecular weight excluding hydrogens is 111 g/mol. The van der Waals surface area contributed by atoms with Crippen molar-refractivity contribution in [3.63, 3.8) is 0 Å². The molecule has 0 aliphatic rings. The van der Waals surface area contributed by atoms with E-state index in [0.717, 1.165) is 12.8 Å². The van der Waals surface area contributed by atoms with Gasteiger partial charge in [0.15, 0.2) is 0 Å². The number of rotatable bonds is 5. The van der Waals surface area contributed by atoms with Crippen LogP contribution in [0.4, 0.5) is 0 Å². The van der Waals surface area contributed by atoms with Gasteiger partial charge in [0.25, 0.3) is 8.05 Å². The van der Waals surface area contributed by atoms with Crippen LogP contribution in [0.1, 0.15) is 39.5 Å². The zero-order valence-corrected chi connectivity index (χ0v) is 6.39. The van der Waals surface area contributed by atoms with Gasteiger partial charge in [-0.15, -0.1) is 0 Å². The van der Waals surface area contributed by atoms with Gasteiger partial charge in [-0.2, -0.15) is 0 Å². The summed E-state index contributed by atoms with van der Waals surface area (Å²) in [5, 5.41) is 0. The van der Waals surface area contributed by atoms with Gasteiger partial charge in [-0.25, -0.2) is 0 Å². The molecule has 0 bridgehead atoms. The van der Waals surface area contributed by atoms with E-state index in [1.54, 1.807) is 0 Å². The van der Waals surface area contributed by atoms with Crippen LogP contribution in [0.25, 0.3) is 0 Å². The topological polar surface area (TPSA) is 9.23 Å². The van der Waals surface area contributed by atoms with Gasteiger partial charge in [-0.1, -0.05) is 26.7 Å². The van der Waals surface area contributed by atoms with Gasteiger partial charge in [0.2, 0.25) is 0 Å². The molecule has 0 aliphatic heterocycles. The third-order valence-electron chi connectivity index (χ3n) is 1.53. The molecule has 1 unspecified atom stereocenters. The van der Waals surface area contributed by atoms with Crippen LogP contribution in [-0.2, 0) is 4.65 Å². The third-order valence-corrected chi connectivity index (χ3v) is 1.53. The van der Waals surface area contributed by atoms with Crippen molar-refractivity contribution in [3.8, 4) is 0 Å². The highest BCUT2D eigenvalue weighted by Gasteiger charge is 2.00. The second-order valence-electron chi connectivity index (χ2n) is 2.31. The Morgan fingerprint density at radius 3 is 2.44 bits per heavy atom. The maximum absolute atomic E-state index is 5.02. The molecular formula is C7H15BO. The van der Waals surface area contributed by atoms with Crippen molar-refractivity contribution in [2.24, 2.45) is 0 Å².